The molecule has 2 aromatic rings. The summed E-state index contributed by atoms with van der Waals surface area (Å²) in [6.07, 6.45) is 3.72. The van der Waals surface area contributed by atoms with Gasteiger partial charge in [0.1, 0.15) is 5.75 Å². The molecule has 5 heteroatoms. The summed E-state index contributed by atoms with van der Waals surface area (Å²) in [5.74, 6) is 1.13. The summed E-state index contributed by atoms with van der Waals surface area (Å²) in [5, 5.41) is 0. The number of para-hydroxylation sites is 1. The average molecular weight is 421 g/mol. The van der Waals surface area contributed by atoms with Crippen LogP contribution in [0.3, 0.4) is 0 Å². The van der Waals surface area contributed by atoms with Crippen molar-refractivity contribution in [2.24, 2.45) is 11.8 Å². The quantitative estimate of drug-likeness (QED) is 0.709. The normalized spacial score (nSPS) is 19.7. The number of amides is 2. The molecule has 2 amide bonds. The van der Waals surface area contributed by atoms with E-state index in [4.69, 9.17) is 4.74 Å². The van der Waals surface area contributed by atoms with Gasteiger partial charge in [0.05, 0.1) is 13.0 Å². The van der Waals surface area contributed by atoms with Crippen LogP contribution < -0.4 is 4.74 Å². The van der Waals surface area contributed by atoms with Gasteiger partial charge in [0.2, 0.25) is 11.8 Å². The van der Waals surface area contributed by atoms with E-state index in [1.54, 1.807) is 7.11 Å². The number of hydrogen-bond acceptors (Lipinski definition) is 3. The lowest BCUT2D eigenvalue weighted by atomic mass is 9.84. The van der Waals surface area contributed by atoms with Crippen molar-refractivity contribution in [1.29, 1.82) is 0 Å². The Labute approximate surface area is 185 Å². The number of likely N-dealkylation sites (N-methyl/N-ethyl adjacent to an activating group) is 1. The van der Waals surface area contributed by atoms with Gasteiger partial charge < -0.3 is 14.5 Å². The Kier molecular flexibility index (Phi) is 6.59. The van der Waals surface area contributed by atoms with Gasteiger partial charge in [0.15, 0.2) is 0 Å². The monoisotopic (exact) mass is 420 g/mol. The van der Waals surface area contributed by atoms with Crippen LogP contribution in [-0.2, 0) is 16.0 Å². The number of hydrogen-bond donors (Lipinski definition) is 0. The molecule has 0 spiro atoms. The van der Waals surface area contributed by atoms with E-state index in [0.717, 1.165) is 41.7 Å². The molecular formula is C26H32N2O3. The van der Waals surface area contributed by atoms with Crippen LogP contribution in [0, 0.1) is 11.8 Å². The molecule has 0 bridgehead atoms. The number of ether oxygens (including phenoxy) is 1. The summed E-state index contributed by atoms with van der Waals surface area (Å²) in [7, 11) is 1.68. The van der Waals surface area contributed by atoms with E-state index < -0.39 is 0 Å². The van der Waals surface area contributed by atoms with Gasteiger partial charge in [-0.05, 0) is 43.4 Å². The van der Waals surface area contributed by atoms with E-state index in [9.17, 15) is 9.59 Å². The number of rotatable bonds is 6. The topological polar surface area (TPSA) is 49.9 Å². The molecule has 0 aromatic heterocycles. The smallest absolute Gasteiger partial charge is 0.227 e. The zero-order valence-electron chi connectivity index (χ0n) is 18.5. The SMILES string of the molecule is CCN1CCN(C(=O)C2CCC2)C[C@@H](Cc2ccccc2-c2ccccc2OC)C1=O. The molecular weight excluding hydrogens is 388 g/mol. The van der Waals surface area contributed by atoms with E-state index in [1.165, 1.54) is 0 Å². The summed E-state index contributed by atoms with van der Waals surface area (Å²) in [4.78, 5) is 30.2. The fourth-order valence-corrected chi connectivity index (χ4v) is 4.72. The van der Waals surface area contributed by atoms with Gasteiger partial charge in [-0.15, -0.1) is 0 Å². The minimum absolute atomic E-state index is 0.154. The van der Waals surface area contributed by atoms with Crippen LogP contribution in [0.15, 0.2) is 48.5 Å². The first-order valence-electron chi connectivity index (χ1n) is 11.4. The summed E-state index contributed by atoms with van der Waals surface area (Å²) < 4.78 is 5.59. The van der Waals surface area contributed by atoms with Gasteiger partial charge in [-0.2, -0.15) is 0 Å². The first-order chi connectivity index (χ1) is 15.1. The van der Waals surface area contributed by atoms with Crippen molar-refractivity contribution in [2.45, 2.75) is 32.6 Å². The van der Waals surface area contributed by atoms with Crippen LogP contribution in [0.2, 0.25) is 0 Å². The molecule has 1 aliphatic heterocycles. The van der Waals surface area contributed by atoms with E-state index >= 15 is 0 Å². The minimum Gasteiger partial charge on any atom is -0.496 e. The van der Waals surface area contributed by atoms with E-state index in [-0.39, 0.29) is 23.7 Å². The first kappa shape index (κ1) is 21.4. The molecule has 1 heterocycles. The summed E-state index contributed by atoms with van der Waals surface area (Å²) >= 11 is 0. The summed E-state index contributed by atoms with van der Waals surface area (Å²) in [5.41, 5.74) is 3.22. The van der Waals surface area contributed by atoms with E-state index in [0.29, 0.717) is 32.6 Å². The van der Waals surface area contributed by atoms with Gasteiger partial charge in [-0.1, -0.05) is 48.9 Å². The van der Waals surface area contributed by atoms with Crippen molar-refractivity contribution < 1.29 is 14.3 Å². The molecule has 2 aliphatic rings. The number of benzene rings is 2. The summed E-state index contributed by atoms with van der Waals surface area (Å²) in [6.45, 7) is 4.46. The van der Waals surface area contributed by atoms with Crippen LogP contribution in [0.4, 0.5) is 0 Å². The number of carbonyl (C=O) groups is 2. The Morgan fingerprint density at radius 1 is 1.03 bits per heavy atom. The molecule has 4 rings (SSSR count). The highest BCUT2D eigenvalue weighted by molar-refractivity contribution is 5.84. The molecule has 0 N–H and O–H groups in total. The third-order valence-electron chi connectivity index (χ3n) is 6.77. The third-order valence-corrected chi connectivity index (χ3v) is 6.77. The molecule has 0 radical (unpaired) electrons. The maximum absolute atomic E-state index is 13.3. The molecule has 31 heavy (non-hydrogen) atoms. The average Bonchev–Trinajstić information content (AvgIpc) is 2.92. The predicted molar refractivity (Wildman–Crippen MR) is 122 cm³/mol. The van der Waals surface area contributed by atoms with Crippen molar-refractivity contribution in [3.63, 3.8) is 0 Å². The van der Waals surface area contributed by atoms with Crippen molar-refractivity contribution in [3.8, 4) is 16.9 Å². The zero-order valence-corrected chi connectivity index (χ0v) is 18.5. The van der Waals surface area contributed by atoms with Crippen LogP contribution in [-0.4, -0.2) is 54.9 Å². The Hall–Kier alpha value is -2.82. The second-order valence-electron chi connectivity index (χ2n) is 8.59. The molecule has 2 aromatic carbocycles. The highest BCUT2D eigenvalue weighted by Gasteiger charge is 2.36. The second kappa shape index (κ2) is 9.54. The van der Waals surface area contributed by atoms with Crippen molar-refractivity contribution in [3.05, 3.63) is 54.1 Å². The van der Waals surface area contributed by atoms with Gasteiger partial charge in [-0.25, -0.2) is 0 Å². The molecule has 0 unspecified atom stereocenters. The van der Waals surface area contributed by atoms with Crippen LogP contribution in [0.25, 0.3) is 11.1 Å². The first-order valence-corrected chi connectivity index (χ1v) is 11.4. The van der Waals surface area contributed by atoms with Crippen LogP contribution >= 0.6 is 0 Å². The van der Waals surface area contributed by atoms with Gasteiger partial charge in [0.25, 0.3) is 0 Å². The number of methoxy groups -OCH3 is 1. The highest BCUT2D eigenvalue weighted by Crippen LogP contribution is 2.34. The van der Waals surface area contributed by atoms with Crippen LogP contribution in [0.1, 0.15) is 31.7 Å². The fourth-order valence-electron chi connectivity index (χ4n) is 4.72. The molecule has 1 aliphatic carbocycles. The van der Waals surface area contributed by atoms with E-state index in [2.05, 4.69) is 18.2 Å². The largest absolute Gasteiger partial charge is 0.496 e. The van der Waals surface area contributed by atoms with Gasteiger partial charge in [-0.3, -0.25) is 9.59 Å². The molecule has 2 fully saturated rings. The molecule has 1 saturated carbocycles. The zero-order chi connectivity index (χ0) is 21.8. The lowest BCUT2D eigenvalue weighted by molar-refractivity contribution is -0.138. The molecule has 164 valence electrons. The highest BCUT2D eigenvalue weighted by atomic mass is 16.5. The molecule has 1 saturated heterocycles. The lowest BCUT2D eigenvalue weighted by Crippen LogP contribution is -2.42. The molecule has 1 atom stereocenters. The van der Waals surface area contributed by atoms with Gasteiger partial charge in [0, 0.05) is 37.7 Å². The number of carbonyl (C=O) groups excluding carboxylic acids is 2. The Morgan fingerprint density at radius 2 is 1.74 bits per heavy atom. The maximum Gasteiger partial charge on any atom is 0.227 e. The summed E-state index contributed by atoms with van der Waals surface area (Å²) in [6, 6.07) is 16.2. The lowest BCUT2D eigenvalue weighted by Gasteiger charge is -2.32. The fraction of sp³-hybridized carbons (Fsp3) is 0.462. The maximum atomic E-state index is 13.3. The Balaban J connectivity index is 1.63. The predicted octanol–water partition coefficient (Wildman–Crippen LogP) is 4.01. The van der Waals surface area contributed by atoms with Gasteiger partial charge >= 0.3 is 0 Å². The third kappa shape index (κ3) is 4.46. The number of nitrogens with zero attached hydrogens (tertiary/aromatic N) is 2. The van der Waals surface area contributed by atoms with Crippen molar-refractivity contribution >= 4 is 11.8 Å². The standard InChI is InChI=1S/C26H32N2O3/c1-3-27-15-16-28(25(29)19-10-8-11-19)18-21(26(27)30)17-20-9-4-5-12-22(20)23-13-6-7-14-24(23)31-2/h4-7,9,12-14,19,21H,3,8,10-11,15-18H2,1-2H3/t21-/m1/s1. The van der Waals surface area contributed by atoms with Crippen molar-refractivity contribution in [2.75, 3.05) is 33.3 Å². The Bertz CT molecular complexity index is 938. The van der Waals surface area contributed by atoms with Crippen LogP contribution in [0.5, 0.6) is 5.75 Å². The van der Waals surface area contributed by atoms with Crippen molar-refractivity contribution in [1.82, 2.24) is 9.80 Å². The van der Waals surface area contributed by atoms with E-state index in [1.807, 2.05) is 47.1 Å². The Morgan fingerprint density at radius 3 is 2.42 bits per heavy atom. The minimum atomic E-state index is -0.234. The second-order valence-corrected chi connectivity index (χ2v) is 8.59. The molecule has 5 nitrogen and oxygen atoms in total.